The minimum Gasteiger partial charge on any atom is -0.271 e. The number of rotatable bonds is 6. The minimum absolute atomic E-state index is 0.00920. The van der Waals surface area contributed by atoms with Gasteiger partial charge in [-0.2, -0.15) is 0 Å². The van der Waals surface area contributed by atoms with Crippen molar-refractivity contribution in [3.63, 3.8) is 0 Å². The topological polar surface area (TPSA) is 38.0 Å². The van der Waals surface area contributed by atoms with Gasteiger partial charge in [-0.25, -0.2) is 8.78 Å². The van der Waals surface area contributed by atoms with Crippen molar-refractivity contribution in [2.24, 2.45) is 5.84 Å². The zero-order valence-electron chi connectivity index (χ0n) is 10.9. The monoisotopic (exact) mass is 294 g/mol. The Balaban J connectivity index is 1.93. The summed E-state index contributed by atoms with van der Waals surface area (Å²) in [4.78, 5) is 1.15. The van der Waals surface area contributed by atoms with E-state index >= 15 is 0 Å². The molecule has 2 aromatic rings. The third-order valence-electron chi connectivity index (χ3n) is 2.90. The van der Waals surface area contributed by atoms with E-state index in [1.54, 1.807) is 17.8 Å². The van der Waals surface area contributed by atoms with Crippen molar-refractivity contribution in [3.8, 4) is 0 Å². The molecule has 0 aliphatic carbocycles. The van der Waals surface area contributed by atoms with E-state index in [4.69, 9.17) is 5.84 Å². The van der Waals surface area contributed by atoms with Crippen molar-refractivity contribution in [1.82, 2.24) is 5.43 Å². The van der Waals surface area contributed by atoms with Crippen LogP contribution in [0.1, 0.15) is 5.56 Å². The number of nitrogens with two attached hydrogens (primary N) is 1. The maximum atomic E-state index is 13.2. The Bertz CT molecular complexity index is 549. The van der Waals surface area contributed by atoms with Crippen molar-refractivity contribution in [2.75, 3.05) is 5.75 Å². The molecular weight excluding hydrogens is 278 g/mol. The highest BCUT2D eigenvalue weighted by Gasteiger charge is 2.10. The Kier molecular flexibility index (Phi) is 5.52. The summed E-state index contributed by atoms with van der Waals surface area (Å²) in [5.41, 5.74) is 3.44. The molecule has 1 atom stereocenters. The lowest BCUT2D eigenvalue weighted by Gasteiger charge is -2.15. The van der Waals surface area contributed by atoms with Gasteiger partial charge in [-0.05, 0) is 36.2 Å². The molecule has 0 aromatic heterocycles. The second-order valence-corrected chi connectivity index (χ2v) is 5.53. The van der Waals surface area contributed by atoms with Crippen molar-refractivity contribution in [3.05, 3.63) is 65.7 Å². The number of halogens is 2. The smallest absolute Gasteiger partial charge is 0.159 e. The molecule has 0 fully saturated rings. The summed E-state index contributed by atoms with van der Waals surface area (Å²) in [5, 5.41) is 0. The molecule has 0 radical (unpaired) electrons. The molecule has 2 rings (SSSR count). The molecule has 5 heteroatoms. The summed E-state index contributed by atoms with van der Waals surface area (Å²) < 4.78 is 26.0. The van der Waals surface area contributed by atoms with Crippen molar-refractivity contribution in [2.45, 2.75) is 17.4 Å². The van der Waals surface area contributed by atoms with Gasteiger partial charge in [0, 0.05) is 16.7 Å². The van der Waals surface area contributed by atoms with Crippen LogP contribution in [-0.4, -0.2) is 11.8 Å². The summed E-state index contributed by atoms with van der Waals surface area (Å²) in [6, 6.07) is 13.9. The van der Waals surface area contributed by atoms with Crippen LogP contribution in [0.5, 0.6) is 0 Å². The fraction of sp³-hybridized carbons (Fsp3) is 0.200. The third kappa shape index (κ3) is 4.30. The Morgan fingerprint density at radius 3 is 2.45 bits per heavy atom. The SMILES string of the molecule is NNC(CSc1ccccc1)Cc1ccc(F)c(F)c1. The van der Waals surface area contributed by atoms with Gasteiger partial charge in [0.1, 0.15) is 0 Å². The van der Waals surface area contributed by atoms with Crippen LogP contribution < -0.4 is 11.3 Å². The highest BCUT2D eigenvalue weighted by molar-refractivity contribution is 7.99. The minimum atomic E-state index is -0.829. The van der Waals surface area contributed by atoms with Gasteiger partial charge in [-0.15, -0.1) is 11.8 Å². The first-order valence-corrected chi connectivity index (χ1v) is 7.25. The summed E-state index contributed by atoms with van der Waals surface area (Å²) >= 11 is 1.67. The molecule has 0 amide bonds. The summed E-state index contributed by atoms with van der Waals surface area (Å²) in [5.74, 6) is 4.62. The average molecular weight is 294 g/mol. The second kappa shape index (κ2) is 7.38. The Hall–Kier alpha value is -1.43. The molecule has 3 N–H and O–H groups in total. The fourth-order valence-electron chi connectivity index (χ4n) is 1.83. The quantitative estimate of drug-likeness (QED) is 0.488. The van der Waals surface area contributed by atoms with E-state index in [1.807, 2.05) is 30.3 Å². The number of benzene rings is 2. The summed E-state index contributed by atoms with van der Waals surface area (Å²) in [6.07, 6.45) is 0.549. The predicted molar refractivity (Wildman–Crippen MR) is 78.3 cm³/mol. The molecule has 0 heterocycles. The molecule has 0 saturated heterocycles. The molecule has 0 aliphatic heterocycles. The highest BCUT2D eigenvalue weighted by atomic mass is 32.2. The van der Waals surface area contributed by atoms with Crippen LogP contribution in [0.3, 0.4) is 0 Å². The van der Waals surface area contributed by atoms with Gasteiger partial charge in [0.2, 0.25) is 0 Å². The highest BCUT2D eigenvalue weighted by Crippen LogP contribution is 2.19. The summed E-state index contributed by atoms with van der Waals surface area (Å²) in [6.45, 7) is 0. The Labute approximate surface area is 121 Å². The van der Waals surface area contributed by atoms with Crippen LogP contribution in [0.2, 0.25) is 0 Å². The van der Waals surface area contributed by atoms with Gasteiger partial charge < -0.3 is 0 Å². The molecule has 0 aliphatic rings. The molecule has 2 aromatic carbocycles. The molecular formula is C15H16F2N2S. The van der Waals surface area contributed by atoms with E-state index in [0.717, 1.165) is 22.3 Å². The van der Waals surface area contributed by atoms with E-state index in [1.165, 1.54) is 6.07 Å². The van der Waals surface area contributed by atoms with Crippen LogP contribution in [0.15, 0.2) is 53.4 Å². The van der Waals surface area contributed by atoms with Crippen LogP contribution >= 0.6 is 11.8 Å². The number of hydrogen-bond acceptors (Lipinski definition) is 3. The maximum Gasteiger partial charge on any atom is 0.159 e. The van der Waals surface area contributed by atoms with Crippen LogP contribution in [0, 0.1) is 11.6 Å². The molecule has 0 spiro atoms. The first-order valence-electron chi connectivity index (χ1n) is 6.27. The van der Waals surface area contributed by atoms with Gasteiger partial charge >= 0.3 is 0 Å². The zero-order chi connectivity index (χ0) is 14.4. The van der Waals surface area contributed by atoms with E-state index < -0.39 is 11.6 Å². The number of hydrogen-bond donors (Lipinski definition) is 2. The average Bonchev–Trinajstić information content (AvgIpc) is 2.48. The van der Waals surface area contributed by atoms with Gasteiger partial charge in [-0.3, -0.25) is 11.3 Å². The van der Waals surface area contributed by atoms with Crippen LogP contribution in [0.25, 0.3) is 0 Å². The summed E-state index contributed by atoms with van der Waals surface area (Å²) in [7, 11) is 0. The van der Waals surface area contributed by atoms with Crippen LogP contribution in [0.4, 0.5) is 8.78 Å². The van der Waals surface area contributed by atoms with Crippen LogP contribution in [-0.2, 0) is 6.42 Å². The van der Waals surface area contributed by atoms with Gasteiger partial charge in [-0.1, -0.05) is 24.3 Å². The Morgan fingerprint density at radius 1 is 1.05 bits per heavy atom. The standard InChI is InChI=1S/C15H16F2N2S/c16-14-7-6-11(9-15(14)17)8-12(19-18)10-20-13-4-2-1-3-5-13/h1-7,9,12,19H,8,10,18H2. The maximum absolute atomic E-state index is 13.2. The lowest BCUT2D eigenvalue weighted by atomic mass is 10.1. The van der Waals surface area contributed by atoms with E-state index in [0.29, 0.717) is 6.42 Å². The Morgan fingerprint density at radius 2 is 1.80 bits per heavy atom. The van der Waals surface area contributed by atoms with Gasteiger partial charge in [0.05, 0.1) is 0 Å². The van der Waals surface area contributed by atoms with E-state index in [2.05, 4.69) is 5.43 Å². The van der Waals surface area contributed by atoms with E-state index in [9.17, 15) is 8.78 Å². The first-order chi connectivity index (χ1) is 9.69. The zero-order valence-corrected chi connectivity index (χ0v) is 11.7. The molecule has 106 valence electrons. The predicted octanol–water partition coefficient (Wildman–Crippen LogP) is 3.13. The normalized spacial score (nSPS) is 12.3. The van der Waals surface area contributed by atoms with Gasteiger partial charge in [0.15, 0.2) is 11.6 Å². The molecule has 1 unspecified atom stereocenters. The number of hydrazine groups is 1. The van der Waals surface area contributed by atoms with Gasteiger partial charge in [0.25, 0.3) is 0 Å². The number of nitrogens with one attached hydrogen (secondary N) is 1. The molecule has 2 nitrogen and oxygen atoms in total. The largest absolute Gasteiger partial charge is 0.271 e. The fourth-order valence-corrected chi connectivity index (χ4v) is 2.79. The number of thioether (sulfide) groups is 1. The van der Waals surface area contributed by atoms with E-state index in [-0.39, 0.29) is 6.04 Å². The second-order valence-electron chi connectivity index (χ2n) is 4.44. The lowest BCUT2D eigenvalue weighted by molar-refractivity contribution is 0.504. The first kappa shape index (κ1) is 15.0. The lowest BCUT2D eigenvalue weighted by Crippen LogP contribution is -2.38. The van der Waals surface area contributed by atoms with Crippen molar-refractivity contribution in [1.29, 1.82) is 0 Å². The van der Waals surface area contributed by atoms with Crippen molar-refractivity contribution >= 4 is 11.8 Å². The molecule has 20 heavy (non-hydrogen) atoms. The third-order valence-corrected chi connectivity index (χ3v) is 4.07. The molecule has 0 bridgehead atoms. The molecule has 0 saturated carbocycles. The van der Waals surface area contributed by atoms with Crippen molar-refractivity contribution < 1.29 is 8.78 Å².